The lowest BCUT2D eigenvalue weighted by molar-refractivity contribution is -0.137. The molecule has 0 aliphatic rings. The Bertz CT molecular complexity index is 680. The van der Waals surface area contributed by atoms with Crippen molar-refractivity contribution in [3.63, 3.8) is 0 Å². The van der Waals surface area contributed by atoms with Gasteiger partial charge in [0.05, 0.1) is 16.9 Å². The molecule has 0 atom stereocenters. The number of carbonyl (C=O) groups is 1. The van der Waals surface area contributed by atoms with Gasteiger partial charge in [0.2, 0.25) is 10.0 Å². The highest BCUT2D eigenvalue weighted by Gasteiger charge is 2.28. The van der Waals surface area contributed by atoms with Crippen LogP contribution in [0, 0.1) is 17.1 Å². The largest absolute Gasteiger partial charge is 0.481 e. The van der Waals surface area contributed by atoms with Crippen molar-refractivity contribution in [1.82, 2.24) is 4.31 Å². The lowest BCUT2D eigenvalue weighted by atomic mass is 10.2. The number of hydrogen-bond acceptors (Lipinski definition) is 4. The summed E-state index contributed by atoms with van der Waals surface area (Å²) < 4.78 is 39.2. The Labute approximate surface area is 122 Å². The predicted molar refractivity (Wildman–Crippen MR) is 72.4 cm³/mol. The molecule has 0 spiro atoms. The molecule has 1 rings (SSSR count). The Balaban J connectivity index is 3.23. The first-order valence-electron chi connectivity index (χ1n) is 6.13. The highest BCUT2D eigenvalue weighted by atomic mass is 32.2. The van der Waals surface area contributed by atoms with Crippen LogP contribution in [0.4, 0.5) is 4.39 Å². The summed E-state index contributed by atoms with van der Waals surface area (Å²) >= 11 is 0. The Kier molecular flexibility index (Phi) is 5.41. The average molecular weight is 314 g/mol. The van der Waals surface area contributed by atoms with E-state index >= 15 is 0 Å². The first kappa shape index (κ1) is 17.1. The third-order valence-electron chi connectivity index (χ3n) is 2.79. The molecule has 0 aliphatic carbocycles. The Morgan fingerprint density at radius 1 is 1.48 bits per heavy atom. The van der Waals surface area contributed by atoms with E-state index in [0.717, 1.165) is 22.5 Å². The maximum absolute atomic E-state index is 13.3. The second-order valence-electron chi connectivity index (χ2n) is 4.61. The highest BCUT2D eigenvalue weighted by Crippen LogP contribution is 2.21. The lowest BCUT2D eigenvalue weighted by Crippen LogP contribution is -2.38. The Hall–Kier alpha value is -1.98. The molecule has 21 heavy (non-hydrogen) atoms. The number of nitriles is 1. The van der Waals surface area contributed by atoms with E-state index in [4.69, 9.17) is 10.4 Å². The van der Waals surface area contributed by atoms with Gasteiger partial charge in [-0.1, -0.05) is 0 Å². The maximum Gasteiger partial charge on any atom is 0.304 e. The monoisotopic (exact) mass is 314 g/mol. The molecule has 1 N–H and O–H groups in total. The van der Waals surface area contributed by atoms with Crippen LogP contribution < -0.4 is 0 Å². The molecule has 6 nitrogen and oxygen atoms in total. The fourth-order valence-corrected chi connectivity index (χ4v) is 3.41. The van der Waals surface area contributed by atoms with E-state index in [1.165, 1.54) is 0 Å². The maximum atomic E-state index is 13.3. The van der Waals surface area contributed by atoms with Crippen molar-refractivity contribution in [2.24, 2.45) is 0 Å². The normalized spacial score (nSPS) is 11.6. The van der Waals surface area contributed by atoms with Crippen molar-refractivity contribution in [2.45, 2.75) is 31.2 Å². The predicted octanol–water partition coefficient (Wildman–Crippen LogP) is 1.57. The van der Waals surface area contributed by atoms with Crippen molar-refractivity contribution >= 4 is 16.0 Å². The van der Waals surface area contributed by atoms with Gasteiger partial charge < -0.3 is 5.11 Å². The summed E-state index contributed by atoms with van der Waals surface area (Å²) in [6, 6.07) is 4.01. The molecular weight excluding hydrogens is 299 g/mol. The van der Waals surface area contributed by atoms with Crippen LogP contribution >= 0.6 is 0 Å². The van der Waals surface area contributed by atoms with Gasteiger partial charge >= 0.3 is 5.97 Å². The third kappa shape index (κ3) is 4.00. The van der Waals surface area contributed by atoms with Crippen LogP contribution in [0.2, 0.25) is 0 Å². The molecule has 0 heterocycles. The number of carboxylic acids is 1. The van der Waals surface area contributed by atoms with E-state index in [-0.39, 0.29) is 23.4 Å². The van der Waals surface area contributed by atoms with Gasteiger partial charge in [-0.2, -0.15) is 9.57 Å². The first-order valence-corrected chi connectivity index (χ1v) is 7.57. The first-order chi connectivity index (χ1) is 9.70. The van der Waals surface area contributed by atoms with E-state index in [9.17, 15) is 17.6 Å². The molecule has 0 bridgehead atoms. The fourth-order valence-electron chi connectivity index (χ4n) is 1.75. The minimum atomic E-state index is -3.99. The average Bonchev–Trinajstić information content (AvgIpc) is 2.38. The van der Waals surface area contributed by atoms with E-state index < -0.39 is 27.9 Å². The zero-order valence-electron chi connectivity index (χ0n) is 11.6. The van der Waals surface area contributed by atoms with E-state index in [1.807, 2.05) is 0 Å². The molecule has 0 amide bonds. The van der Waals surface area contributed by atoms with Gasteiger partial charge in [-0.05, 0) is 32.0 Å². The molecule has 0 aromatic heterocycles. The Morgan fingerprint density at radius 2 is 2.10 bits per heavy atom. The molecule has 0 fully saturated rings. The van der Waals surface area contributed by atoms with Gasteiger partial charge in [0.25, 0.3) is 0 Å². The number of benzene rings is 1. The standard InChI is InChI=1S/C13H15FN2O4S/c1-9(2)16(6-5-13(17)18)21(19,20)11-3-4-12(14)10(7-11)8-15/h3-4,7,9H,5-6H2,1-2H3,(H,17,18). The zero-order valence-corrected chi connectivity index (χ0v) is 12.4. The smallest absolute Gasteiger partial charge is 0.304 e. The van der Waals surface area contributed by atoms with Gasteiger partial charge in [0, 0.05) is 12.6 Å². The number of nitrogens with zero attached hydrogens (tertiary/aromatic N) is 2. The van der Waals surface area contributed by atoms with Crippen LogP contribution in [0.15, 0.2) is 23.1 Å². The molecule has 1 aromatic rings. The van der Waals surface area contributed by atoms with Gasteiger partial charge in [0.1, 0.15) is 11.9 Å². The van der Waals surface area contributed by atoms with Crippen molar-refractivity contribution < 1.29 is 22.7 Å². The minimum Gasteiger partial charge on any atom is -0.481 e. The van der Waals surface area contributed by atoms with Gasteiger partial charge in [-0.3, -0.25) is 4.79 Å². The molecule has 114 valence electrons. The third-order valence-corrected chi connectivity index (χ3v) is 4.86. The molecule has 0 aliphatic heterocycles. The van der Waals surface area contributed by atoms with E-state index in [0.29, 0.717) is 0 Å². The SMILES string of the molecule is CC(C)N(CCC(=O)O)S(=O)(=O)c1ccc(F)c(C#N)c1. The van der Waals surface area contributed by atoms with E-state index in [2.05, 4.69) is 0 Å². The number of hydrogen-bond donors (Lipinski definition) is 1. The summed E-state index contributed by atoms with van der Waals surface area (Å²) in [7, 11) is -3.99. The van der Waals surface area contributed by atoms with Crippen molar-refractivity contribution in [1.29, 1.82) is 5.26 Å². The van der Waals surface area contributed by atoms with Gasteiger partial charge in [-0.15, -0.1) is 0 Å². The molecule has 0 saturated heterocycles. The topological polar surface area (TPSA) is 98.5 Å². The van der Waals surface area contributed by atoms with Crippen LogP contribution in [0.5, 0.6) is 0 Å². The summed E-state index contributed by atoms with van der Waals surface area (Å²) in [5.41, 5.74) is -0.377. The molecule has 1 aromatic carbocycles. The zero-order chi connectivity index (χ0) is 16.2. The Morgan fingerprint density at radius 3 is 2.57 bits per heavy atom. The molecular formula is C13H15FN2O4S. The summed E-state index contributed by atoms with van der Waals surface area (Å²) in [4.78, 5) is 10.4. The van der Waals surface area contributed by atoms with Crippen LogP contribution in [-0.2, 0) is 14.8 Å². The number of rotatable bonds is 6. The summed E-state index contributed by atoms with van der Waals surface area (Å²) in [5.74, 6) is -1.93. The second-order valence-corrected chi connectivity index (χ2v) is 6.50. The second kappa shape index (κ2) is 6.65. The number of sulfonamides is 1. The van der Waals surface area contributed by atoms with Crippen LogP contribution in [0.1, 0.15) is 25.8 Å². The highest BCUT2D eigenvalue weighted by molar-refractivity contribution is 7.89. The molecule has 8 heteroatoms. The lowest BCUT2D eigenvalue weighted by Gasteiger charge is -2.25. The summed E-state index contributed by atoms with van der Waals surface area (Å²) in [6.07, 6.45) is -0.344. The van der Waals surface area contributed by atoms with Crippen LogP contribution in [-0.4, -0.2) is 36.4 Å². The summed E-state index contributed by atoms with van der Waals surface area (Å²) in [6.45, 7) is 3.01. The quantitative estimate of drug-likeness (QED) is 0.859. The van der Waals surface area contributed by atoms with Crippen LogP contribution in [0.3, 0.4) is 0 Å². The van der Waals surface area contributed by atoms with Crippen molar-refractivity contribution in [3.05, 3.63) is 29.6 Å². The number of aliphatic carboxylic acids is 1. The van der Waals surface area contributed by atoms with Crippen molar-refractivity contribution in [2.75, 3.05) is 6.54 Å². The summed E-state index contributed by atoms with van der Waals surface area (Å²) in [5, 5.41) is 17.4. The van der Waals surface area contributed by atoms with Crippen LogP contribution in [0.25, 0.3) is 0 Å². The number of carboxylic acid groups (broad SMARTS) is 1. The van der Waals surface area contributed by atoms with E-state index in [1.54, 1.807) is 19.9 Å². The van der Waals surface area contributed by atoms with Crippen molar-refractivity contribution in [3.8, 4) is 6.07 Å². The molecule has 0 saturated carbocycles. The fraction of sp³-hybridized carbons (Fsp3) is 0.385. The van der Waals surface area contributed by atoms with Gasteiger partial charge in [0.15, 0.2) is 0 Å². The minimum absolute atomic E-state index is 0.200. The molecule has 0 radical (unpaired) electrons. The number of halogens is 1. The molecule has 0 unspecified atom stereocenters. The van der Waals surface area contributed by atoms with Gasteiger partial charge in [-0.25, -0.2) is 12.8 Å².